The molecule has 0 radical (unpaired) electrons. The number of hydrogen-bond acceptors (Lipinski definition) is 2. The fourth-order valence-electron chi connectivity index (χ4n) is 9.29. The predicted octanol–water partition coefficient (Wildman–Crippen LogP) is 14.3. The van der Waals surface area contributed by atoms with Crippen molar-refractivity contribution in [3.63, 3.8) is 0 Å². The lowest BCUT2D eigenvalue weighted by Gasteiger charge is -2.35. The molecule has 10 aromatic rings. The molecule has 0 fully saturated rings. The molecule has 2 nitrogen and oxygen atoms in total. The van der Waals surface area contributed by atoms with Crippen molar-refractivity contribution >= 4 is 10.8 Å². The second-order valence-corrected chi connectivity index (χ2v) is 15.3. The van der Waals surface area contributed by atoms with Crippen LogP contribution in [0.3, 0.4) is 0 Å². The van der Waals surface area contributed by atoms with Gasteiger partial charge in [-0.3, -0.25) is 0 Å². The van der Waals surface area contributed by atoms with Crippen LogP contribution in [0.4, 0.5) is 0 Å². The van der Waals surface area contributed by atoms with E-state index in [1.54, 1.807) is 0 Å². The van der Waals surface area contributed by atoms with Crippen molar-refractivity contribution in [2.45, 2.75) is 5.41 Å². The molecule has 1 aliphatic carbocycles. The zero-order chi connectivity index (χ0) is 39.2. The van der Waals surface area contributed by atoms with Gasteiger partial charge in [-0.1, -0.05) is 218 Å². The Hall–Kier alpha value is -7.68. The number of fused-ring (bicyclic) bond motifs is 5. The highest BCUT2D eigenvalue weighted by Crippen LogP contribution is 2.60. The lowest BCUT2D eigenvalue weighted by atomic mass is 9.66. The molecule has 276 valence electrons. The van der Waals surface area contributed by atoms with E-state index in [1.165, 1.54) is 60.8 Å². The molecule has 0 saturated carbocycles. The fourth-order valence-corrected chi connectivity index (χ4v) is 9.29. The van der Waals surface area contributed by atoms with Crippen molar-refractivity contribution in [1.29, 1.82) is 0 Å². The Labute approximate surface area is 344 Å². The Morgan fingerprint density at radius 3 is 1.42 bits per heavy atom. The Morgan fingerprint density at radius 1 is 0.322 bits per heavy atom. The molecule has 1 aliphatic rings. The summed E-state index contributed by atoms with van der Waals surface area (Å²) < 4.78 is 0. The molecule has 0 aliphatic heterocycles. The molecule has 9 aromatic carbocycles. The van der Waals surface area contributed by atoms with E-state index >= 15 is 0 Å². The Bertz CT molecular complexity index is 3060. The van der Waals surface area contributed by atoms with Crippen LogP contribution in [0.5, 0.6) is 0 Å². The highest BCUT2D eigenvalue weighted by atomic mass is 14.9. The number of nitrogens with zero attached hydrogens (tertiary/aromatic N) is 2. The van der Waals surface area contributed by atoms with Crippen LogP contribution in [-0.4, -0.2) is 9.97 Å². The van der Waals surface area contributed by atoms with Gasteiger partial charge in [-0.15, -0.1) is 0 Å². The van der Waals surface area contributed by atoms with E-state index in [1.807, 2.05) is 12.1 Å². The third-order valence-electron chi connectivity index (χ3n) is 12.0. The van der Waals surface area contributed by atoms with Crippen molar-refractivity contribution in [3.05, 3.63) is 253 Å². The SMILES string of the molecule is c1ccc(-c2ccc(-c3cc(-c4ccccc4)nc(-c4ccc(-c5cc6ccccc6c6c5-c5ccccc5C6(c5ccccc5)c5ccccc5)cc4)n3)cc2)cc1. The van der Waals surface area contributed by atoms with Gasteiger partial charge < -0.3 is 0 Å². The summed E-state index contributed by atoms with van der Waals surface area (Å²) in [4.78, 5) is 10.4. The lowest BCUT2D eigenvalue weighted by Crippen LogP contribution is -2.28. The van der Waals surface area contributed by atoms with Crippen LogP contribution < -0.4 is 0 Å². The molecule has 2 heteroatoms. The van der Waals surface area contributed by atoms with Gasteiger partial charge >= 0.3 is 0 Å². The second-order valence-electron chi connectivity index (χ2n) is 15.3. The summed E-state index contributed by atoms with van der Waals surface area (Å²) in [6.45, 7) is 0. The molecular formula is C57H38N2. The average Bonchev–Trinajstić information content (AvgIpc) is 3.65. The Balaban J connectivity index is 1.08. The smallest absolute Gasteiger partial charge is 0.160 e. The van der Waals surface area contributed by atoms with Crippen LogP contribution in [0.1, 0.15) is 22.3 Å². The molecule has 0 unspecified atom stereocenters. The van der Waals surface area contributed by atoms with Crippen molar-refractivity contribution < 1.29 is 0 Å². The van der Waals surface area contributed by atoms with Crippen LogP contribution in [0, 0.1) is 0 Å². The minimum Gasteiger partial charge on any atom is -0.228 e. The number of rotatable bonds is 7. The maximum absolute atomic E-state index is 5.21. The van der Waals surface area contributed by atoms with E-state index in [9.17, 15) is 0 Å². The van der Waals surface area contributed by atoms with Gasteiger partial charge in [0.05, 0.1) is 16.8 Å². The Kier molecular flexibility index (Phi) is 8.41. The Morgan fingerprint density at radius 2 is 0.780 bits per heavy atom. The normalized spacial score (nSPS) is 12.5. The first kappa shape index (κ1) is 34.6. The van der Waals surface area contributed by atoms with Gasteiger partial charge in [0, 0.05) is 16.7 Å². The van der Waals surface area contributed by atoms with E-state index in [4.69, 9.17) is 9.97 Å². The summed E-state index contributed by atoms with van der Waals surface area (Å²) in [7, 11) is 0. The standard InChI is InChI=1S/C57H38N2/c1-5-17-39(18-6-1)40-29-33-43(34-30-40)53-38-52(42-19-7-2-8-20-42)58-56(59-53)44-35-31-41(32-36-44)50-37-45-21-13-14-26-48(45)55-54(50)49-27-15-16-28-51(49)57(55,46-22-9-3-10-23-46)47-24-11-4-12-25-47/h1-38H. The van der Waals surface area contributed by atoms with E-state index in [-0.39, 0.29) is 0 Å². The molecule has 1 aromatic heterocycles. The maximum atomic E-state index is 5.21. The summed E-state index contributed by atoms with van der Waals surface area (Å²) in [5.74, 6) is 0.696. The minimum absolute atomic E-state index is 0.509. The predicted molar refractivity (Wildman–Crippen MR) is 244 cm³/mol. The molecule has 0 spiro atoms. The van der Waals surface area contributed by atoms with E-state index < -0.39 is 5.41 Å². The molecule has 0 bridgehead atoms. The zero-order valence-corrected chi connectivity index (χ0v) is 32.3. The number of hydrogen-bond donors (Lipinski definition) is 0. The summed E-state index contributed by atoms with van der Waals surface area (Å²) in [6.07, 6.45) is 0. The largest absolute Gasteiger partial charge is 0.228 e. The monoisotopic (exact) mass is 750 g/mol. The minimum atomic E-state index is -0.509. The van der Waals surface area contributed by atoms with Gasteiger partial charge in [-0.25, -0.2) is 9.97 Å². The molecule has 11 rings (SSSR count). The number of aromatic nitrogens is 2. The van der Waals surface area contributed by atoms with Crippen molar-refractivity contribution in [3.8, 4) is 67.3 Å². The van der Waals surface area contributed by atoms with Crippen LogP contribution in [0.25, 0.3) is 78.1 Å². The van der Waals surface area contributed by atoms with Crippen molar-refractivity contribution in [2.24, 2.45) is 0 Å². The first-order chi connectivity index (χ1) is 29.3. The third kappa shape index (κ3) is 5.80. The maximum Gasteiger partial charge on any atom is 0.160 e. The molecule has 0 saturated heterocycles. The molecular weight excluding hydrogens is 713 g/mol. The number of benzene rings is 9. The topological polar surface area (TPSA) is 25.8 Å². The molecule has 1 heterocycles. The van der Waals surface area contributed by atoms with Crippen LogP contribution in [-0.2, 0) is 5.41 Å². The lowest BCUT2D eigenvalue weighted by molar-refractivity contribution is 0.775. The van der Waals surface area contributed by atoms with Gasteiger partial charge in [-0.05, 0) is 78.5 Å². The molecule has 59 heavy (non-hydrogen) atoms. The second kappa shape index (κ2) is 14.4. The quantitative estimate of drug-likeness (QED) is 0.162. The van der Waals surface area contributed by atoms with E-state index in [2.05, 4.69) is 218 Å². The first-order valence-corrected chi connectivity index (χ1v) is 20.2. The van der Waals surface area contributed by atoms with E-state index in [0.717, 1.165) is 33.6 Å². The van der Waals surface area contributed by atoms with Gasteiger partial charge in [0.25, 0.3) is 0 Å². The van der Waals surface area contributed by atoms with Crippen LogP contribution in [0.15, 0.2) is 231 Å². The van der Waals surface area contributed by atoms with Gasteiger partial charge in [0.1, 0.15) is 0 Å². The average molecular weight is 751 g/mol. The summed E-state index contributed by atoms with van der Waals surface area (Å²) in [6, 6.07) is 82.9. The third-order valence-corrected chi connectivity index (χ3v) is 12.0. The first-order valence-electron chi connectivity index (χ1n) is 20.2. The van der Waals surface area contributed by atoms with Crippen LogP contribution in [0.2, 0.25) is 0 Å². The van der Waals surface area contributed by atoms with Crippen molar-refractivity contribution in [1.82, 2.24) is 9.97 Å². The highest BCUT2D eigenvalue weighted by Gasteiger charge is 2.48. The van der Waals surface area contributed by atoms with Gasteiger partial charge in [0.15, 0.2) is 5.82 Å². The summed E-state index contributed by atoms with van der Waals surface area (Å²) in [5, 5.41) is 2.48. The highest BCUT2D eigenvalue weighted by molar-refractivity contribution is 6.06. The summed E-state index contributed by atoms with van der Waals surface area (Å²) in [5.41, 5.74) is 16.8. The van der Waals surface area contributed by atoms with Crippen LogP contribution >= 0.6 is 0 Å². The van der Waals surface area contributed by atoms with Crippen molar-refractivity contribution in [2.75, 3.05) is 0 Å². The van der Waals surface area contributed by atoms with Gasteiger partial charge in [-0.2, -0.15) is 0 Å². The molecule has 0 atom stereocenters. The van der Waals surface area contributed by atoms with Gasteiger partial charge in [0.2, 0.25) is 0 Å². The van der Waals surface area contributed by atoms with E-state index in [0.29, 0.717) is 5.82 Å². The summed E-state index contributed by atoms with van der Waals surface area (Å²) >= 11 is 0. The molecule has 0 N–H and O–H groups in total. The fraction of sp³-hybridized carbons (Fsp3) is 0.0175. The molecule has 0 amide bonds. The zero-order valence-electron chi connectivity index (χ0n) is 32.3.